The summed E-state index contributed by atoms with van der Waals surface area (Å²) in [6.45, 7) is 0. The van der Waals surface area contributed by atoms with Crippen molar-refractivity contribution in [2.75, 3.05) is 0 Å². The van der Waals surface area contributed by atoms with E-state index in [2.05, 4.69) is 0 Å². The zero-order valence-corrected chi connectivity index (χ0v) is 3.36. The van der Waals surface area contributed by atoms with Crippen molar-refractivity contribution in [2.24, 2.45) is 0 Å². The standard InChI is InChI=1S/CH4.Li.2H2O.O.Ti.H/h1H4;;2*1H2;;;/q;;;;;+2;/p-2. The molecule has 0 fully saturated rings. The molecule has 0 spiro atoms. The summed E-state index contributed by atoms with van der Waals surface area (Å²) >= 11 is -3.58. The van der Waals surface area contributed by atoms with Gasteiger partial charge in [-0.25, -0.2) is 0 Å². The first-order valence-electron chi connectivity index (χ1n) is 0.651. The van der Waals surface area contributed by atoms with E-state index in [1.807, 2.05) is 0 Å². The van der Waals surface area contributed by atoms with Gasteiger partial charge in [0.25, 0.3) is 0 Å². The topological polar surface area (TPSA) is 57.5 Å². The third kappa shape index (κ3) is 76.8. The van der Waals surface area contributed by atoms with Gasteiger partial charge in [0, 0.05) is 0 Å². The first-order valence-corrected chi connectivity index (χ1v) is 2.69. The summed E-state index contributed by atoms with van der Waals surface area (Å²) in [6, 6.07) is 0. The van der Waals surface area contributed by atoms with Gasteiger partial charge in [-0.05, 0) is 0 Å². The average molecular weight is 122 g/mol. The van der Waals surface area contributed by atoms with E-state index in [4.69, 9.17) is 10.7 Å². The Kier molecular flexibility index (Phi) is 24.6. The molecule has 2 N–H and O–H groups in total. The Bertz CT molecular complexity index is 33.8. The molecular weight excluding hydrogens is 115 g/mol. The van der Waals surface area contributed by atoms with Crippen LogP contribution in [0.25, 0.3) is 0 Å². The van der Waals surface area contributed by atoms with E-state index in [9.17, 15) is 0 Å². The second kappa shape index (κ2) is 9.39. The number of rotatable bonds is 0. The molecule has 0 atom stereocenters. The monoisotopic (exact) mass is 122 g/mol. The molecule has 0 saturated heterocycles. The molecule has 0 bridgehead atoms. The van der Waals surface area contributed by atoms with E-state index in [0.717, 1.165) is 0 Å². The summed E-state index contributed by atoms with van der Waals surface area (Å²) in [6.07, 6.45) is 0. The van der Waals surface area contributed by atoms with E-state index in [1.54, 1.807) is 0 Å². The normalized spacial score (nSPS) is 4.33. The van der Waals surface area contributed by atoms with Crippen LogP contribution in [0.2, 0.25) is 0 Å². The molecule has 0 saturated carbocycles. The summed E-state index contributed by atoms with van der Waals surface area (Å²) in [5.74, 6) is 0. The second-order valence-corrected chi connectivity index (χ2v) is 1.17. The van der Waals surface area contributed by atoms with Crippen molar-refractivity contribution in [1.29, 1.82) is 0 Å². The van der Waals surface area contributed by atoms with Gasteiger partial charge < -0.3 is 0 Å². The van der Waals surface area contributed by atoms with Crippen LogP contribution in [0.4, 0.5) is 0 Å². The molecule has 0 aromatic rings. The van der Waals surface area contributed by atoms with Crippen molar-refractivity contribution in [3.63, 3.8) is 0 Å². The molecule has 0 aromatic heterocycles. The van der Waals surface area contributed by atoms with Gasteiger partial charge in [-0.3, -0.25) is 0 Å². The van der Waals surface area contributed by atoms with E-state index in [1.165, 1.54) is 0 Å². The van der Waals surface area contributed by atoms with Gasteiger partial charge in [-0.2, -0.15) is 0 Å². The molecule has 3 nitrogen and oxygen atoms in total. The summed E-state index contributed by atoms with van der Waals surface area (Å²) in [4.78, 5) is 0. The van der Waals surface area contributed by atoms with Crippen LogP contribution in [-0.2, 0) is 21.9 Å². The minimum absolute atomic E-state index is 0. The fourth-order valence-corrected chi connectivity index (χ4v) is 0. The average Bonchev–Trinajstić information content (AvgIpc) is 0.811. The summed E-state index contributed by atoms with van der Waals surface area (Å²) < 4.78 is 23.2. The van der Waals surface area contributed by atoms with E-state index in [-0.39, 0.29) is 26.3 Å². The van der Waals surface area contributed by atoms with Crippen molar-refractivity contribution in [1.82, 2.24) is 0 Å². The molecule has 0 aliphatic rings. The first-order chi connectivity index (χ1) is 1.73. The van der Waals surface area contributed by atoms with Gasteiger partial charge in [0.15, 0.2) is 0 Å². The zero-order chi connectivity index (χ0) is 3.58. The van der Waals surface area contributed by atoms with E-state index >= 15 is 0 Å². The van der Waals surface area contributed by atoms with Crippen LogP contribution in [0, 0.1) is 0 Å². The van der Waals surface area contributed by atoms with Crippen LogP contribution in [0.15, 0.2) is 0 Å². The molecule has 0 unspecified atom stereocenters. The Morgan fingerprint density at radius 2 is 1.33 bits per heavy atom. The van der Waals surface area contributed by atoms with Crippen LogP contribution < -0.4 is 0 Å². The van der Waals surface area contributed by atoms with Crippen molar-refractivity contribution in [3.05, 3.63) is 0 Å². The van der Waals surface area contributed by atoms with Gasteiger partial charge in [0.2, 0.25) is 0 Å². The van der Waals surface area contributed by atoms with Crippen LogP contribution in [0.3, 0.4) is 0 Å². The third-order valence-electron chi connectivity index (χ3n) is 0. The van der Waals surface area contributed by atoms with Crippen molar-refractivity contribution >= 4 is 18.9 Å². The SMILES string of the molecule is C.[LiH].[O]=[Ti]([OH])[OH]. The molecule has 5 heteroatoms. The van der Waals surface area contributed by atoms with Gasteiger partial charge in [0.1, 0.15) is 0 Å². The third-order valence-corrected chi connectivity index (χ3v) is 0. The van der Waals surface area contributed by atoms with Gasteiger partial charge in [-0.1, -0.05) is 7.43 Å². The molecule has 34 valence electrons. The Balaban J connectivity index is -0.0000000450. The fourth-order valence-electron chi connectivity index (χ4n) is 0. The molecule has 0 radical (unpaired) electrons. The van der Waals surface area contributed by atoms with Gasteiger partial charge >= 0.3 is 48.2 Å². The summed E-state index contributed by atoms with van der Waals surface area (Å²) in [7, 11) is 0. The zero-order valence-electron chi connectivity index (χ0n) is 1.80. The van der Waals surface area contributed by atoms with Gasteiger partial charge in [-0.15, -0.1) is 0 Å². The van der Waals surface area contributed by atoms with Crippen molar-refractivity contribution in [3.8, 4) is 0 Å². The van der Waals surface area contributed by atoms with Crippen LogP contribution in [0.5, 0.6) is 0 Å². The first kappa shape index (κ1) is 15.7. The van der Waals surface area contributed by atoms with E-state index in [0.29, 0.717) is 0 Å². The minimum atomic E-state index is -3.58. The predicted octanol–water partition coefficient (Wildman–Crippen LogP) is -1.25. The molecule has 6 heavy (non-hydrogen) atoms. The van der Waals surface area contributed by atoms with Crippen LogP contribution >= 0.6 is 0 Å². The van der Waals surface area contributed by atoms with E-state index < -0.39 is 18.6 Å². The predicted molar refractivity (Wildman–Crippen MR) is 19.0 cm³/mol. The number of hydrogen-bond donors (Lipinski definition) is 2. The maximum absolute atomic E-state index is 8.81. The number of hydrogen-bond acceptors (Lipinski definition) is 1. The molecule has 0 aromatic carbocycles. The summed E-state index contributed by atoms with van der Waals surface area (Å²) in [5.41, 5.74) is 0. The summed E-state index contributed by atoms with van der Waals surface area (Å²) in [5, 5.41) is 0. The Labute approximate surface area is 55.7 Å². The molecule has 0 aliphatic carbocycles. The molecular formula is CH7LiO3Ti. The van der Waals surface area contributed by atoms with Crippen molar-refractivity contribution < 1.29 is 29.3 Å². The fraction of sp³-hybridized carbons (Fsp3) is 1.00. The molecule has 0 rings (SSSR count). The Morgan fingerprint density at radius 1 is 1.33 bits per heavy atom. The van der Waals surface area contributed by atoms with Gasteiger partial charge in [0.05, 0.1) is 0 Å². The Hall–Kier alpha value is 1.03. The second-order valence-electron chi connectivity index (χ2n) is 0.283. The quantitative estimate of drug-likeness (QED) is 0.394. The van der Waals surface area contributed by atoms with Crippen molar-refractivity contribution in [2.45, 2.75) is 7.43 Å². The van der Waals surface area contributed by atoms with Crippen LogP contribution in [0.1, 0.15) is 7.43 Å². The Morgan fingerprint density at radius 3 is 1.33 bits per heavy atom. The van der Waals surface area contributed by atoms with Crippen LogP contribution in [-0.4, -0.2) is 26.2 Å². The molecule has 0 amide bonds. The molecule has 0 heterocycles. The molecule has 0 aliphatic heterocycles. The maximum atomic E-state index is 8.81.